The second kappa shape index (κ2) is 10.3. The molecule has 4 heterocycles. The molecule has 1 saturated heterocycles. The van der Waals surface area contributed by atoms with Crippen LogP contribution in [0, 0.1) is 13.8 Å². The Bertz CT molecular complexity index is 1560. The molecule has 0 spiro atoms. The van der Waals surface area contributed by atoms with Gasteiger partial charge < -0.3 is 19.7 Å². The zero-order valence-corrected chi connectivity index (χ0v) is 23.7. The molecular weight excluding hydrogens is 492 g/mol. The fourth-order valence-corrected chi connectivity index (χ4v) is 5.40. The van der Waals surface area contributed by atoms with Gasteiger partial charge in [-0.15, -0.1) is 0 Å². The average molecular weight is 529 g/mol. The number of aryl methyl sites for hydroxylation is 2. The predicted molar refractivity (Wildman–Crippen MR) is 152 cm³/mol. The molecule has 0 saturated carbocycles. The van der Waals surface area contributed by atoms with Gasteiger partial charge in [-0.2, -0.15) is 5.10 Å². The van der Waals surface area contributed by atoms with Gasteiger partial charge in [0.25, 0.3) is 5.91 Å². The van der Waals surface area contributed by atoms with Gasteiger partial charge in [-0.05, 0) is 70.6 Å². The number of carbonyl (C=O) groups is 2. The molecule has 10 nitrogen and oxygen atoms in total. The van der Waals surface area contributed by atoms with Crippen LogP contribution in [0.15, 0.2) is 30.3 Å². The van der Waals surface area contributed by atoms with E-state index < -0.39 is 0 Å². The van der Waals surface area contributed by atoms with E-state index in [0.717, 1.165) is 48.7 Å². The number of hydrogen-bond donors (Lipinski definition) is 1. The Hall–Kier alpha value is -4.05. The van der Waals surface area contributed by atoms with Crippen molar-refractivity contribution in [2.75, 3.05) is 46.2 Å². The number of imidazole rings is 1. The number of aromatic nitrogens is 5. The largest absolute Gasteiger partial charge is 0.356 e. The third kappa shape index (κ3) is 4.92. The van der Waals surface area contributed by atoms with Crippen LogP contribution >= 0.6 is 0 Å². The lowest BCUT2D eigenvalue weighted by Crippen LogP contribution is -2.42. The fourth-order valence-electron chi connectivity index (χ4n) is 5.40. The number of pyridine rings is 1. The summed E-state index contributed by atoms with van der Waals surface area (Å²) in [5.41, 5.74) is 5.43. The third-order valence-corrected chi connectivity index (χ3v) is 7.76. The van der Waals surface area contributed by atoms with E-state index in [2.05, 4.69) is 39.0 Å². The van der Waals surface area contributed by atoms with E-state index in [-0.39, 0.29) is 17.5 Å². The van der Waals surface area contributed by atoms with Crippen LogP contribution in [-0.2, 0) is 7.05 Å². The zero-order chi connectivity index (χ0) is 28.0. The Morgan fingerprint density at radius 1 is 1.00 bits per heavy atom. The van der Waals surface area contributed by atoms with Gasteiger partial charge in [-0.25, -0.2) is 9.97 Å². The van der Waals surface area contributed by atoms with Crippen molar-refractivity contribution in [3.63, 3.8) is 0 Å². The highest BCUT2D eigenvalue weighted by atomic mass is 16.2. The Balaban J connectivity index is 1.48. The molecule has 0 radical (unpaired) electrons. The number of nitrogens with zero attached hydrogens (tertiary/aromatic N) is 7. The summed E-state index contributed by atoms with van der Waals surface area (Å²) in [6.07, 6.45) is 2.17. The minimum absolute atomic E-state index is 0.137. The summed E-state index contributed by atoms with van der Waals surface area (Å²) in [5.74, 6) is 0.701. The molecule has 1 aliphatic rings. The van der Waals surface area contributed by atoms with E-state index >= 15 is 0 Å². The molecule has 0 unspecified atom stereocenters. The number of piperidine rings is 1. The lowest BCUT2D eigenvalue weighted by Gasteiger charge is -2.35. The SMILES string of the molecule is Cc1nn(C)c(C)c1-c1cc(C(=O)c2nc3nc(N4CCC(N(C)C)CC4)ccc3[nH]2)ccc1C(=O)N(C)C. The van der Waals surface area contributed by atoms with Crippen molar-refractivity contribution in [2.24, 2.45) is 7.05 Å². The number of anilines is 1. The molecule has 5 rings (SSSR count). The third-order valence-electron chi connectivity index (χ3n) is 7.76. The number of fused-ring (bicyclic) bond motifs is 1. The maximum Gasteiger partial charge on any atom is 0.253 e. The average Bonchev–Trinajstić information content (AvgIpc) is 3.46. The zero-order valence-electron chi connectivity index (χ0n) is 23.7. The maximum atomic E-state index is 13.6. The fraction of sp³-hybridized carbons (Fsp3) is 0.414. The number of ketones is 1. The topological polar surface area (TPSA) is 103 Å². The summed E-state index contributed by atoms with van der Waals surface area (Å²) in [6, 6.07) is 9.68. The number of nitrogens with one attached hydrogen (secondary N) is 1. The van der Waals surface area contributed by atoms with Gasteiger partial charge in [0.05, 0.1) is 11.2 Å². The minimum atomic E-state index is -0.259. The van der Waals surface area contributed by atoms with Crippen LogP contribution in [0.3, 0.4) is 0 Å². The molecule has 1 aliphatic heterocycles. The number of H-pyrrole nitrogens is 1. The summed E-state index contributed by atoms with van der Waals surface area (Å²) >= 11 is 0. The van der Waals surface area contributed by atoms with Gasteiger partial charge in [-0.3, -0.25) is 14.3 Å². The number of amides is 1. The maximum absolute atomic E-state index is 13.6. The highest BCUT2D eigenvalue weighted by Crippen LogP contribution is 2.32. The molecule has 4 aromatic rings. The van der Waals surface area contributed by atoms with Crippen LogP contribution in [0.25, 0.3) is 22.3 Å². The second-order valence-electron chi connectivity index (χ2n) is 10.8. The van der Waals surface area contributed by atoms with Gasteiger partial charge in [0.2, 0.25) is 5.78 Å². The summed E-state index contributed by atoms with van der Waals surface area (Å²) in [6.45, 7) is 5.74. The minimum Gasteiger partial charge on any atom is -0.356 e. The molecule has 10 heteroatoms. The normalized spacial score (nSPS) is 14.4. The summed E-state index contributed by atoms with van der Waals surface area (Å²) < 4.78 is 1.79. The molecule has 1 aromatic carbocycles. The second-order valence-corrected chi connectivity index (χ2v) is 10.8. The van der Waals surface area contributed by atoms with Gasteiger partial charge in [0.15, 0.2) is 11.5 Å². The lowest BCUT2D eigenvalue weighted by molar-refractivity contribution is 0.0827. The van der Waals surface area contributed by atoms with Crippen molar-refractivity contribution >= 4 is 28.7 Å². The Morgan fingerprint density at radius 3 is 2.33 bits per heavy atom. The standard InChI is InChI=1S/C29H36N8O2/c1-17-25(18(2)36(7)33-17)22-16-19(8-9-21(22)29(39)35(5)6)26(38)28-30-23-10-11-24(31-27(23)32-28)37-14-12-20(13-15-37)34(3)4/h8-11,16,20H,12-15H2,1-7H3,(H,30,31,32). The van der Waals surface area contributed by atoms with Gasteiger partial charge >= 0.3 is 0 Å². The van der Waals surface area contributed by atoms with Crippen molar-refractivity contribution in [1.82, 2.24) is 34.5 Å². The van der Waals surface area contributed by atoms with E-state index in [9.17, 15) is 9.59 Å². The van der Waals surface area contributed by atoms with Crippen LogP contribution in [0.2, 0.25) is 0 Å². The van der Waals surface area contributed by atoms with Crippen molar-refractivity contribution in [3.8, 4) is 11.1 Å². The highest BCUT2D eigenvalue weighted by Gasteiger charge is 2.25. The number of carbonyl (C=O) groups excluding carboxylic acids is 2. The summed E-state index contributed by atoms with van der Waals surface area (Å²) in [7, 11) is 9.56. The predicted octanol–water partition coefficient (Wildman–Crippen LogP) is 3.44. The first-order valence-corrected chi connectivity index (χ1v) is 13.2. The Kier molecular flexibility index (Phi) is 6.98. The first-order chi connectivity index (χ1) is 18.5. The molecule has 1 amide bonds. The van der Waals surface area contributed by atoms with E-state index in [1.54, 1.807) is 37.0 Å². The van der Waals surface area contributed by atoms with E-state index in [1.807, 2.05) is 33.0 Å². The van der Waals surface area contributed by atoms with Crippen molar-refractivity contribution in [2.45, 2.75) is 32.7 Å². The van der Waals surface area contributed by atoms with Crippen LogP contribution in [0.4, 0.5) is 5.82 Å². The van der Waals surface area contributed by atoms with E-state index in [0.29, 0.717) is 33.9 Å². The Morgan fingerprint density at radius 2 is 1.72 bits per heavy atom. The van der Waals surface area contributed by atoms with E-state index in [4.69, 9.17) is 4.98 Å². The summed E-state index contributed by atoms with van der Waals surface area (Å²) in [5, 5.41) is 4.53. The van der Waals surface area contributed by atoms with Crippen molar-refractivity contribution in [1.29, 1.82) is 0 Å². The number of hydrogen-bond acceptors (Lipinski definition) is 7. The highest BCUT2D eigenvalue weighted by molar-refractivity contribution is 6.10. The molecule has 1 fully saturated rings. The van der Waals surface area contributed by atoms with Crippen molar-refractivity contribution in [3.05, 3.63) is 58.7 Å². The Labute approximate surface area is 228 Å². The molecular formula is C29H36N8O2. The van der Waals surface area contributed by atoms with Crippen LogP contribution in [-0.4, -0.2) is 93.5 Å². The molecule has 3 aromatic heterocycles. The number of aromatic amines is 1. The van der Waals surface area contributed by atoms with Crippen LogP contribution in [0.1, 0.15) is 50.8 Å². The molecule has 0 aliphatic carbocycles. The van der Waals surface area contributed by atoms with Gasteiger partial charge in [-0.1, -0.05) is 6.07 Å². The molecule has 0 atom stereocenters. The smallest absolute Gasteiger partial charge is 0.253 e. The molecule has 1 N–H and O–H groups in total. The first-order valence-electron chi connectivity index (χ1n) is 13.2. The van der Waals surface area contributed by atoms with Crippen LogP contribution < -0.4 is 4.90 Å². The van der Waals surface area contributed by atoms with Crippen LogP contribution in [0.5, 0.6) is 0 Å². The number of rotatable bonds is 6. The summed E-state index contributed by atoms with van der Waals surface area (Å²) in [4.78, 5) is 45.2. The van der Waals surface area contributed by atoms with Gasteiger partial charge in [0, 0.05) is 62.7 Å². The van der Waals surface area contributed by atoms with E-state index in [1.165, 1.54) is 4.90 Å². The molecule has 39 heavy (non-hydrogen) atoms. The molecule has 204 valence electrons. The first kappa shape index (κ1) is 26.6. The van der Waals surface area contributed by atoms with Crippen molar-refractivity contribution < 1.29 is 9.59 Å². The van der Waals surface area contributed by atoms with Gasteiger partial charge in [0.1, 0.15) is 5.82 Å². The lowest BCUT2D eigenvalue weighted by atomic mass is 9.94. The quantitative estimate of drug-likeness (QED) is 0.383. The number of benzene rings is 1. The monoisotopic (exact) mass is 528 g/mol. The molecule has 0 bridgehead atoms.